The van der Waals surface area contributed by atoms with Crippen LogP contribution in [0.15, 0.2) is 0 Å². The monoisotopic (exact) mass is 200 g/mol. The SMILES string of the molecule is CSN1CCC[C@]2(CCNC2=O)C1. The van der Waals surface area contributed by atoms with Crippen molar-refractivity contribution in [1.29, 1.82) is 0 Å². The number of amides is 1. The van der Waals surface area contributed by atoms with Crippen LogP contribution in [0.1, 0.15) is 19.3 Å². The fourth-order valence-electron chi connectivity index (χ4n) is 2.35. The Morgan fingerprint density at radius 1 is 1.54 bits per heavy atom. The predicted octanol–water partition coefficient (Wildman–Crippen LogP) is 0.866. The van der Waals surface area contributed by atoms with Gasteiger partial charge in [0.05, 0.1) is 5.41 Å². The molecule has 1 N–H and O–H groups in total. The molecular formula is C9H16N2OS. The highest BCUT2D eigenvalue weighted by atomic mass is 32.2. The van der Waals surface area contributed by atoms with Gasteiger partial charge in [-0.3, -0.25) is 4.79 Å². The minimum absolute atomic E-state index is 0.0404. The van der Waals surface area contributed by atoms with E-state index in [0.29, 0.717) is 0 Å². The Balaban J connectivity index is 2.09. The van der Waals surface area contributed by atoms with Crippen molar-refractivity contribution in [1.82, 2.24) is 9.62 Å². The zero-order chi connectivity index (χ0) is 9.31. The summed E-state index contributed by atoms with van der Waals surface area (Å²) in [5.41, 5.74) is -0.0404. The highest BCUT2D eigenvalue weighted by Gasteiger charge is 2.44. The number of carbonyl (C=O) groups excluding carboxylic acids is 1. The maximum atomic E-state index is 11.7. The van der Waals surface area contributed by atoms with Gasteiger partial charge < -0.3 is 5.32 Å². The first-order valence-electron chi connectivity index (χ1n) is 4.84. The molecule has 0 bridgehead atoms. The summed E-state index contributed by atoms with van der Waals surface area (Å²) in [7, 11) is 0. The minimum Gasteiger partial charge on any atom is -0.356 e. The van der Waals surface area contributed by atoms with Crippen LogP contribution in [0.5, 0.6) is 0 Å². The van der Waals surface area contributed by atoms with Crippen LogP contribution in [0.4, 0.5) is 0 Å². The van der Waals surface area contributed by atoms with Gasteiger partial charge in [-0.2, -0.15) is 0 Å². The van der Waals surface area contributed by atoms with Gasteiger partial charge in [0.2, 0.25) is 5.91 Å². The van der Waals surface area contributed by atoms with Gasteiger partial charge in [0, 0.05) is 19.6 Å². The third-order valence-electron chi connectivity index (χ3n) is 3.17. The van der Waals surface area contributed by atoms with E-state index in [1.165, 1.54) is 0 Å². The second-order valence-electron chi connectivity index (χ2n) is 3.94. The van der Waals surface area contributed by atoms with Crippen molar-refractivity contribution >= 4 is 17.9 Å². The second kappa shape index (κ2) is 3.50. The van der Waals surface area contributed by atoms with E-state index in [1.807, 2.05) is 0 Å². The van der Waals surface area contributed by atoms with Gasteiger partial charge in [0.1, 0.15) is 0 Å². The van der Waals surface area contributed by atoms with Crippen LogP contribution in [0.25, 0.3) is 0 Å². The lowest BCUT2D eigenvalue weighted by Crippen LogP contribution is -2.44. The first-order chi connectivity index (χ1) is 6.27. The van der Waals surface area contributed by atoms with Crippen molar-refractivity contribution in [2.45, 2.75) is 19.3 Å². The average molecular weight is 200 g/mol. The lowest BCUT2D eigenvalue weighted by molar-refractivity contribution is -0.129. The maximum Gasteiger partial charge on any atom is 0.227 e. The van der Waals surface area contributed by atoms with E-state index in [9.17, 15) is 4.79 Å². The van der Waals surface area contributed by atoms with E-state index < -0.39 is 0 Å². The van der Waals surface area contributed by atoms with E-state index in [0.717, 1.165) is 38.9 Å². The molecule has 0 unspecified atom stereocenters. The van der Waals surface area contributed by atoms with E-state index in [4.69, 9.17) is 0 Å². The minimum atomic E-state index is -0.0404. The molecule has 0 aromatic heterocycles. The topological polar surface area (TPSA) is 32.3 Å². The standard InChI is InChI=1S/C9H16N2OS/c1-13-11-6-2-3-9(7-11)4-5-10-8(9)12/h2-7H2,1H3,(H,10,12)/t9-/m0/s1. The van der Waals surface area contributed by atoms with Crippen molar-refractivity contribution in [3.63, 3.8) is 0 Å². The molecular weight excluding hydrogens is 184 g/mol. The molecule has 74 valence electrons. The number of hydrogen-bond donors (Lipinski definition) is 1. The number of nitrogens with zero attached hydrogens (tertiary/aromatic N) is 1. The Bertz CT molecular complexity index is 222. The Morgan fingerprint density at radius 2 is 2.38 bits per heavy atom. The number of hydrogen-bond acceptors (Lipinski definition) is 3. The zero-order valence-corrected chi connectivity index (χ0v) is 8.82. The van der Waals surface area contributed by atoms with Crippen LogP contribution < -0.4 is 5.32 Å². The smallest absolute Gasteiger partial charge is 0.227 e. The molecule has 1 spiro atoms. The lowest BCUT2D eigenvalue weighted by Gasteiger charge is -2.36. The van der Waals surface area contributed by atoms with Crippen molar-refractivity contribution < 1.29 is 4.79 Å². The van der Waals surface area contributed by atoms with Crippen LogP contribution in [0.3, 0.4) is 0 Å². The van der Waals surface area contributed by atoms with Crippen molar-refractivity contribution in [3.05, 3.63) is 0 Å². The van der Waals surface area contributed by atoms with Gasteiger partial charge in [0.25, 0.3) is 0 Å². The summed E-state index contributed by atoms with van der Waals surface area (Å²) in [6.45, 7) is 2.96. The molecule has 0 saturated carbocycles. The molecule has 1 amide bonds. The average Bonchev–Trinajstić information content (AvgIpc) is 2.48. The first kappa shape index (κ1) is 9.34. The van der Waals surface area contributed by atoms with Crippen LogP contribution in [-0.2, 0) is 4.79 Å². The molecule has 2 aliphatic rings. The molecule has 1 atom stereocenters. The van der Waals surface area contributed by atoms with E-state index in [-0.39, 0.29) is 11.3 Å². The largest absolute Gasteiger partial charge is 0.356 e. The van der Waals surface area contributed by atoms with Crippen molar-refractivity contribution in [2.24, 2.45) is 5.41 Å². The van der Waals surface area contributed by atoms with Gasteiger partial charge in [0.15, 0.2) is 0 Å². The molecule has 4 heteroatoms. The summed E-state index contributed by atoms with van der Waals surface area (Å²) in [5.74, 6) is 0.284. The molecule has 0 aromatic carbocycles. The Labute approximate surface area is 83.4 Å². The quantitative estimate of drug-likeness (QED) is 0.637. The Hall–Kier alpha value is -0.220. The fraction of sp³-hybridized carbons (Fsp3) is 0.889. The normalized spacial score (nSPS) is 35.3. The molecule has 2 saturated heterocycles. The maximum absolute atomic E-state index is 11.7. The lowest BCUT2D eigenvalue weighted by atomic mass is 9.79. The summed E-state index contributed by atoms with van der Waals surface area (Å²) < 4.78 is 2.31. The molecule has 0 aliphatic carbocycles. The van der Waals surface area contributed by atoms with Crippen LogP contribution in [-0.4, -0.2) is 36.1 Å². The summed E-state index contributed by atoms with van der Waals surface area (Å²) in [4.78, 5) is 11.7. The zero-order valence-electron chi connectivity index (χ0n) is 8.01. The molecule has 2 fully saturated rings. The van der Waals surface area contributed by atoms with Crippen molar-refractivity contribution in [3.8, 4) is 0 Å². The molecule has 3 nitrogen and oxygen atoms in total. The summed E-state index contributed by atoms with van der Waals surface area (Å²) in [6.07, 6.45) is 5.36. The van der Waals surface area contributed by atoms with Crippen LogP contribution in [0, 0.1) is 5.41 Å². The molecule has 2 aliphatic heterocycles. The first-order valence-corrected chi connectivity index (χ1v) is 6.02. The summed E-state index contributed by atoms with van der Waals surface area (Å²) in [5, 5.41) is 2.95. The molecule has 2 heterocycles. The summed E-state index contributed by atoms with van der Waals surface area (Å²) >= 11 is 1.76. The van der Waals surface area contributed by atoms with Crippen LogP contribution in [0.2, 0.25) is 0 Å². The van der Waals surface area contributed by atoms with Gasteiger partial charge >= 0.3 is 0 Å². The molecule has 2 rings (SSSR count). The van der Waals surface area contributed by atoms with E-state index in [1.54, 1.807) is 11.9 Å². The van der Waals surface area contributed by atoms with Crippen LogP contribution >= 0.6 is 11.9 Å². The molecule has 13 heavy (non-hydrogen) atoms. The molecule has 0 radical (unpaired) electrons. The number of rotatable bonds is 1. The third kappa shape index (κ3) is 1.57. The van der Waals surface area contributed by atoms with E-state index in [2.05, 4.69) is 15.9 Å². The van der Waals surface area contributed by atoms with Gasteiger partial charge in [-0.1, -0.05) is 11.9 Å². The Kier molecular flexibility index (Phi) is 2.51. The molecule has 0 aromatic rings. The highest BCUT2D eigenvalue weighted by Crippen LogP contribution is 2.37. The summed E-state index contributed by atoms with van der Waals surface area (Å²) in [6, 6.07) is 0. The number of piperidine rings is 1. The van der Waals surface area contributed by atoms with E-state index >= 15 is 0 Å². The third-order valence-corrected chi connectivity index (χ3v) is 4.00. The number of carbonyl (C=O) groups is 1. The number of nitrogens with one attached hydrogen (secondary N) is 1. The van der Waals surface area contributed by atoms with Gasteiger partial charge in [-0.15, -0.1) is 0 Å². The Morgan fingerprint density at radius 3 is 3.00 bits per heavy atom. The highest BCUT2D eigenvalue weighted by molar-refractivity contribution is 7.96. The predicted molar refractivity (Wildman–Crippen MR) is 54.4 cm³/mol. The van der Waals surface area contributed by atoms with Crippen molar-refractivity contribution in [2.75, 3.05) is 25.9 Å². The fourth-order valence-corrected chi connectivity index (χ4v) is 3.04. The van der Waals surface area contributed by atoms with Gasteiger partial charge in [-0.25, -0.2) is 4.31 Å². The second-order valence-corrected chi connectivity index (χ2v) is 4.82. The van der Waals surface area contributed by atoms with Gasteiger partial charge in [-0.05, 0) is 25.5 Å².